The minimum Gasteiger partial charge on any atom is -0.394 e. The van der Waals surface area contributed by atoms with E-state index in [9.17, 15) is 9.90 Å². The fraction of sp³-hybridized carbons (Fsp3) is 0.938. The van der Waals surface area contributed by atoms with E-state index >= 15 is 0 Å². The van der Waals surface area contributed by atoms with Gasteiger partial charge in [0, 0.05) is 6.04 Å². The number of rotatable bonds is 3. The molecule has 0 bridgehead atoms. The summed E-state index contributed by atoms with van der Waals surface area (Å²) in [6.45, 7) is 2.25. The molecule has 0 radical (unpaired) electrons. The first-order chi connectivity index (χ1) is 9.56. The molecule has 116 valence electrons. The molecule has 0 spiro atoms. The van der Waals surface area contributed by atoms with Gasteiger partial charge in [0.25, 0.3) is 0 Å². The molecule has 0 saturated heterocycles. The molecule has 2 rings (SSSR count). The summed E-state index contributed by atoms with van der Waals surface area (Å²) in [7, 11) is 0. The fourth-order valence-corrected chi connectivity index (χ4v) is 3.97. The van der Waals surface area contributed by atoms with Crippen LogP contribution >= 0.6 is 0 Å². The lowest BCUT2D eigenvalue weighted by molar-refractivity contribution is -0.129. The summed E-state index contributed by atoms with van der Waals surface area (Å²) in [4.78, 5) is 12.6. The topological polar surface area (TPSA) is 75.3 Å². The molecule has 2 saturated carbocycles. The lowest BCUT2D eigenvalue weighted by atomic mass is 9.76. The van der Waals surface area contributed by atoms with Crippen molar-refractivity contribution >= 4 is 5.91 Å². The SMILES string of the molecule is CC1CCCC(CO)(NC(=O)C2CCCCCC2N)C1. The van der Waals surface area contributed by atoms with E-state index in [2.05, 4.69) is 12.2 Å². The van der Waals surface area contributed by atoms with Gasteiger partial charge in [0.05, 0.1) is 18.1 Å². The second-order valence-electron chi connectivity index (χ2n) is 7.04. The minimum absolute atomic E-state index is 0.0192. The van der Waals surface area contributed by atoms with Crippen molar-refractivity contribution in [2.45, 2.75) is 76.3 Å². The number of amides is 1. The van der Waals surface area contributed by atoms with Crippen LogP contribution in [0.3, 0.4) is 0 Å². The van der Waals surface area contributed by atoms with E-state index in [0.717, 1.165) is 44.9 Å². The van der Waals surface area contributed by atoms with Crippen molar-refractivity contribution in [3.63, 3.8) is 0 Å². The maximum Gasteiger partial charge on any atom is 0.225 e. The van der Waals surface area contributed by atoms with E-state index in [1.54, 1.807) is 0 Å². The molecule has 4 heteroatoms. The quantitative estimate of drug-likeness (QED) is 0.693. The van der Waals surface area contributed by atoms with Gasteiger partial charge in [-0.1, -0.05) is 39.0 Å². The second kappa shape index (κ2) is 6.90. The smallest absolute Gasteiger partial charge is 0.225 e. The first-order valence-electron chi connectivity index (χ1n) is 8.25. The zero-order valence-corrected chi connectivity index (χ0v) is 12.7. The third kappa shape index (κ3) is 3.73. The van der Waals surface area contributed by atoms with Crippen molar-refractivity contribution in [1.29, 1.82) is 0 Å². The van der Waals surface area contributed by atoms with Crippen LogP contribution in [0.1, 0.15) is 64.7 Å². The van der Waals surface area contributed by atoms with Crippen molar-refractivity contribution < 1.29 is 9.90 Å². The van der Waals surface area contributed by atoms with Crippen LogP contribution in [-0.4, -0.2) is 29.2 Å². The summed E-state index contributed by atoms with van der Waals surface area (Å²) in [6, 6.07) is -0.0192. The number of nitrogens with one attached hydrogen (secondary N) is 1. The van der Waals surface area contributed by atoms with Gasteiger partial charge in [-0.2, -0.15) is 0 Å². The number of aliphatic hydroxyl groups is 1. The van der Waals surface area contributed by atoms with Crippen molar-refractivity contribution in [2.24, 2.45) is 17.6 Å². The van der Waals surface area contributed by atoms with E-state index in [1.165, 1.54) is 12.8 Å². The molecule has 0 heterocycles. The highest BCUT2D eigenvalue weighted by Gasteiger charge is 2.38. The van der Waals surface area contributed by atoms with E-state index in [4.69, 9.17) is 5.73 Å². The predicted octanol–water partition coefficient (Wildman–Crippen LogP) is 1.95. The van der Waals surface area contributed by atoms with E-state index < -0.39 is 5.54 Å². The first kappa shape index (κ1) is 15.8. The van der Waals surface area contributed by atoms with Crippen molar-refractivity contribution in [3.8, 4) is 0 Å². The van der Waals surface area contributed by atoms with Crippen LogP contribution in [0.2, 0.25) is 0 Å². The Morgan fingerprint density at radius 3 is 2.70 bits per heavy atom. The summed E-state index contributed by atoms with van der Waals surface area (Å²) in [5.74, 6) is 0.569. The maximum absolute atomic E-state index is 12.6. The Hall–Kier alpha value is -0.610. The summed E-state index contributed by atoms with van der Waals surface area (Å²) in [5.41, 5.74) is 5.77. The Bertz CT molecular complexity index is 334. The van der Waals surface area contributed by atoms with Crippen molar-refractivity contribution in [2.75, 3.05) is 6.61 Å². The summed E-state index contributed by atoms with van der Waals surface area (Å²) < 4.78 is 0. The van der Waals surface area contributed by atoms with Crippen LogP contribution in [0.4, 0.5) is 0 Å². The molecule has 4 nitrogen and oxygen atoms in total. The van der Waals surface area contributed by atoms with Gasteiger partial charge < -0.3 is 16.2 Å². The fourth-order valence-electron chi connectivity index (χ4n) is 3.97. The normalized spacial score (nSPS) is 39.0. The molecular formula is C16H30N2O2. The Morgan fingerprint density at radius 2 is 2.00 bits per heavy atom. The van der Waals surface area contributed by atoms with Crippen LogP contribution < -0.4 is 11.1 Å². The third-order valence-electron chi connectivity index (χ3n) is 5.19. The molecular weight excluding hydrogens is 252 g/mol. The Balaban J connectivity index is 2.00. The third-order valence-corrected chi connectivity index (χ3v) is 5.19. The average Bonchev–Trinajstić information content (AvgIpc) is 2.63. The molecule has 20 heavy (non-hydrogen) atoms. The molecule has 4 atom stereocenters. The van der Waals surface area contributed by atoms with Crippen LogP contribution in [0.25, 0.3) is 0 Å². The molecule has 2 aliphatic carbocycles. The van der Waals surface area contributed by atoms with E-state index in [0.29, 0.717) is 5.92 Å². The van der Waals surface area contributed by atoms with Crippen LogP contribution in [0, 0.1) is 11.8 Å². The van der Waals surface area contributed by atoms with Crippen molar-refractivity contribution in [3.05, 3.63) is 0 Å². The zero-order chi connectivity index (χ0) is 14.6. The van der Waals surface area contributed by atoms with E-state index in [1.807, 2.05) is 0 Å². The highest BCUT2D eigenvalue weighted by atomic mass is 16.3. The second-order valence-corrected chi connectivity index (χ2v) is 7.04. The molecule has 0 aromatic heterocycles. The van der Waals surface area contributed by atoms with Gasteiger partial charge >= 0.3 is 0 Å². The minimum atomic E-state index is -0.402. The Morgan fingerprint density at radius 1 is 1.25 bits per heavy atom. The maximum atomic E-state index is 12.6. The summed E-state index contributed by atoms with van der Waals surface area (Å²) in [5, 5.41) is 13.0. The molecule has 4 N–H and O–H groups in total. The molecule has 1 amide bonds. The number of hydrogen-bond acceptors (Lipinski definition) is 3. The predicted molar refractivity (Wildman–Crippen MR) is 80.1 cm³/mol. The number of nitrogens with two attached hydrogens (primary N) is 1. The van der Waals surface area contributed by atoms with E-state index in [-0.39, 0.29) is 24.5 Å². The number of carbonyl (C=O) groups excluding carboxylic acids is 1. The molecule has 0 aliphatic heterocycles. The van der Waals surface area contributed by atoms with Crippen LogP contribution in [0.15, 0.2) is 0 Å². The van der Waals surface area contributed by atoms with Gasteiger partial charge in [-0.15, -0.1) is 0 Å². The molecule has 2 aliphatic rings. The highest BCUT2D eigenvalue weighted by Crippen LogP contribution is 2.33. The largest absolute Gasteiger partial charge is 0.394 e. The van der Waals surface area contributed by atoms with Gasteiger partial charge in [-0.25, -0.2) is 0 Å². The van der Waals surface area contributed by atoms with Gasteiger partial charge in [-0.05, 0) is 31.6 Å². The van der Waals surface area contributed by atoms with Crippen molar-refractivity contribution in [1.82, 2.24) is 5.32 Å². The Kier molecular flexibility index (Phi) is 5.44. The van der Waals surface area contributed by atoms with Gasteiger partial charge in [0.2, 0.25) is 5.91 Å². The highest BCUT2D eigenvalue weighted by molar-refractivity contribution is 5.80. The Labute approximate surface area is 122 Å². The first-order valence-corrected chi connectivity index (χ1v) is 8.25. The lowest BCUT2D eigenvalue weighted by Gasteiger charge is -2.40. The van der Waals surface area contributed by atoms with Crippen LogP contribution in [0.5, 0.6) is 0 Å². The van der Waals surface area contributed by atoms with Gasteiger partial charge in [0.15, 0.2) is 0 Å². The zero-order valence-electron chi connectivity index (χ0n) is 12.7. The molecule has 2 fully saturated rings. The summed E-state index contributed by atoms with van der Waals surface area (Å²) in [6.07, 6.45) is 9.30. The molecule has 0 aromatic rings. The lowest BCUT2D eigenvalue weighted by Crippen LogP contribution is -2.57. The number of hydrogen-bond donors (Lipinski definition) is 3. The van der Waals surface area contributed by atoms with Crippen LogP contribution in [-0.2, 0) is 4.79 Å². The van der Waals surface area contributed by atoms with Gasteiger partial charge in [0.1, 0.15) is 0 Å². The number of carbonyl (C=O) groups is 1. The van der Waals surface area contributed by atoms with Gasteiger partial charge in [-0.3, -0.25) is 4.79 Å². The number of aliphatic hydroxyl groups excluding tert-OH is 1. The standard InChI is InChI=1S/C16H30N2O2/c1-12-6-5-9-16(10-12,11-19)18-15(20)13-7-3-2-4-8-14(13)17/h12-14,19H,2-11,17H2,1H3,(H,18,20). The molecule has 4 unspecified atom stereocenters. The molecule has 0 aromatic carbocycles. The average molecular weight is 282 g/mol. The monoisotopic (exact) mass is 282 g/mol. The summed E-state index contributed by atoms with van der Waals surface area (Å²) >= 11 is 0.